The van der Waals surface area contributed by atoms with Gasteiger partial charge >= 0.3 is 5.97 Å². The summed E-state index contributed by atoms with van der Waals surface area (Å²) in [7, 11) is 0. The summed E-state index contributed by atoms with van der Waals surface area (Å²) in [6, 6.07) is 17.9. The quantitative estimate of drug-likeness (QED) is 0.279. The molecule has 4 rings (SSSR count). The number of carboxylic acid groups (broad SMARTS) is 1. The number of rotatable bonds is 8. The Balaban J connectivity index is 1.52. The molecule has 0 aliphatic heterocycles. The molecule has 1 N–H and O–H groups in total. The van der Waals surface area contributed by atoms with Crippen LogP contribution >= 0.6 is 35.0 Å². The van der Waals surface area contributed by atoms with E-state index in [4.69, 9.17) is 27.6 Å². The minimum atomic E-state index is -1.12. The van der Waals surface area contributed by atoms with E-state index in [1.54, 1.807) is 24.4 Å². The third kappa shape index (κ3) is 5.90. The van der Waals surface area contributed by atoms with Crippen LogP contribution in [0.3, 0.4) is 0 Å². The number of thioether (sulfide) groups is 1. The van der Waals surface area contributed by atoms with Crippen molar-refractivity contribution in [3.63, 3.8) is 0 Å². The molecule has 0 fully saturated rings. The Kier molecular flexibility index (Phi) is 7.28. The van der Waals surface area contributed by atoms with Crippen LogP contribution in [0.25, 0.3) is 5.69 Å². The van der Waals surface area contributed by atoms with Crippen molar-refractivity contribution >= 4 is 40.9 Å². The Morgan fingerprint density at radius 3 is 2.21 bits per heavy atom. The van der Waals surface area contributed by atoms with Crippen molar-refractivity contribution in [3.05, 3.63) is 116 Å². The van der Waals surface area contributed by atoms with Crippen molar-refractivity contribution in [2.45, 2.75) is 23.5 Å². The molecule has 0 atom stereocenters. The van der Waals surface area contributed by atoms with Gasteiger partial charge in [-0.05, 0) is 66.4 Å². The van der Waals surface area contributed by atoms with Crippen LogP contribution in [0, 0.1) is 0 Å². The van der Waals surface area contributed by atoms with E-state index in [9.17, 15) is 14.7 Å². The van der Waals surface area contributed by atoms with E-state index >= 15 is 0 Å². The highest BCUT2D eigenvalue weighted by Crippen LogP contribution is 2.24. The van der Waals surface area contributed by atoms with E-state index in [-0.39, 0.29) is 16.8 Å². The molecule has 0 radical (unpaired) electrons. The highest BCUT2D eigenvalue weighted by molar-refractivity contribution is 7.98. The van der Waals surface area contributed by atoms with Crippen LogP contribution in [0.5, 0.6) is 0 Å². The summed E-state index contributed by atoms with van der Waals surface area (Å²) >= 11 is 13.3. The first kappa shape index (κ1) is 23.2. The lowest BCUT2D eigenvalue weighted by molar-refractivity contribution is 0.0688. The number of halogens is 2. The molecule has 5 nitrogen and oxygen atoms in total. The van der Waals surface area contributed by atoms with Crippen LogP contribution in [0.4, 0.5) is 0 Å². The number of nitrogens with zero attached hydrogens (tertiary/aromatic N) is 1. The molecule has 2 heterocycles. The molecule has 2 aromatic heterocycles. The Hall–Kier alpha value is -2.93. The lowest BCUT2D eigenvalue weighted by atomic mass is 10.1. The van der Waals surface area contributed by atoms with Gasteiger partial charge in [0, 0.05) is 27.2 Å². The van der Waals surface area contributed by atoms with Crippen LogP contribution in [-0.2, 0) is 18.6 Å². The fourth-order valence-corrected chi connectivity index (χ4v) is 4.38. The molecule has 0 bridgehead atoms. The normalized spacial score (nSPS) is 11.0. The third-order valence-electron chi connectivity index (χ3n) is 5.03. The lowest BCUT2D eigenvalue weighted by Gasteiger charge is -2.06. The summed E-state index contributed by atoms with van der Waals surface area (Å²) in [5.74, 6) is -0.161. The Bertz CT molecular complexity index is 1330. The summed E-state index contributed by atoms with van der Waals surface area (Å²) in [5.41, 5.74) is 1.76. The average Bonchev–Trinajstić information content (AvgIpc) is 3.23. The number of aryl methyl sites for hydroxylation is 2. The van der Waals surface area contributed by atoms with Gasteiger partial charge in [0.15, 0.2) is 0 Å². The predicted molar refractivity (Wildman–Crippen MR) is 131 cm³/mol. The Labute approximate surface area is 204 Å². The second kappa shape index (κ2) is 10.3. The summed E-state index contributed by atoms with van der Waals surface area (Å²) in [6.45, 7) is 0. The number of hydrogen-bond acceptors (Lipinski definition) is 4. The second-order valence-corrected chi connectivity index (χ2v) is 9.30. The van der Waals surface area contributed by atoms with Crippen LogP contribution in [-0.4, -0.2) is 15.6 Å². The van der Waals surface area contributed by atoms with Gasteiger partial charge in [-0.2, -0.15) is 0 Å². The number of hydrogen-bond donors (Lipinski definition) is 1. The van der Waals surface area contributed by atoms with Gasteiger partial charge in [-0.3, -0.25) is 4.79 Å². The molecule has 0 saturated heterocycles. The highest BCUT2D eigenvalue weighted by Gasteiger charge is 2.17. The number of aromatic carboxylic acids is 1. The first-order valence-electron chi connectivity index (χ1n) is 10.1. The van der Waals surface area contributed by atoms with E-state index in [2.05, 4.69) is 0 Å². The smallest absolute Gasteiger partial charge is 0.352 e. The van der Waals surface area contributed by atoms with E-state index in [0.717, 1.165) is 22.4 Å². The minimum Gasteiger partial charge on any atom is -0.477 e. The molecule has 33 heavy (non-hydrogen) atoms. The van der Waals surface area contributed by atoms with Gasteiger partial charge in [0.1, 0.15) is 23.4 Å². The molecular formula is C25H19Cl2NO4S. The van der Waals surface area contributed by atoms with E-state index in [1.807, 2.05) is 36.4 Å². The van der Waals surface area contributed by atoms with Crippen molar-refractivity contribution in [3.8, 4) is 5.69 Å². The number of benzene rings is 2. The largest absolute Gasteiger partial charge is 0.477 e. The molecule has 0 aliphatic carbocycles. The molecule has 4 aromatic rings. The molecule has 0 unspecified atom stereocenters. The van der Waals surface area contributed by atoms with Crippen LogP contribution in [0.1, 0.15) is 27.4 Å². The van der Waals surface area contributed by atoms with Crippen molar-refractivity contribution in [1.82, 2.24) is 4.57 Å². The van der Waals surface area contributed by atoms with Gasteiger partial charge < -0.3 is 14.1 Å². The molecule has 2 aromatic carbocycles. The molecule has 168 valence electrons. The predicted octanol–water partition coefficient (Wildman–Crippen LogP) is 6.51. The van der Waals surface area contributed by atoms with Gasteiger partial charge in [-0.15, -0.1) is 11.8 Å². The van der Waals surface area contributed by atoms with Crippen molar-refractivity contribution in [2.24, 2.45) is 0 Å². The van der Waals surface area contributed by atoms with Crippen molar-refractivity contribution in [2.75, 3.05) is 0 Å². The maximum atomic E-state index is 12.8. The zero-order valence-corrected chi connectivity index (χ0v) is 19.7. The minimum absolute atomic E-state index is 0.0108. The highest BCUT2D eigenvalue weighted by atomic mass is 35.5. The van der Waals surface area contributed by atoms with Crippen LogP contribution in [0.15, 0.2) is 87.2 Å². The Morgan fingerprint density at radius 2 is 1.58 bits per heavy atom. The lowest BCUT2D eigenvalue weighted by Crippen LogP contribution is -2.14. The van der Waals surface area contributed by atoms with E-state index in [0.29, 0.717) is 28.0 Å². The number of carboxylic acids is 1. The molecule has 0 spiro atoms. The average molecular weight is 500 g/mol. The standard InChI is InChI=1S/C25H19Cl2NO4S/c26-18-5-3-16(4-6-18)1-2-17-11-22(25(30)31)28(13-17)23-14-32-20(12-24(23)29)15-33-21-9-7-19(27)8-10-21/h3-14H,1-2,15H2,(H,30,31). The monoisotopic (exact) mass is 499 g/mol. The van der Waals surface area contributed by atoms with E-state index in [1.165, 1.54) is 28.7 Å². The zero-order chi connectivity index (χ0) is 23.4. The first-order valence-corrected chi connectivity index (χ1v) is 11.8. The third-order valence-corrected chi connectivity index (χ3v) is 6.57. The number of aromatic nitrogens is 1. The number of carbonyl (C=O) groups is 1. The topological polar surface area (TPSA) is 72.4 Å². The van der Waals surface area contributed by atoms with Gasteiger partial charge in [0.25, 0.3) is 0 Å². The molecular weight excluding hydrogens is 481 g/mol. The fraction of sp³-hybridized carbons (Fsp3) is 0.120. The summed E-state index contributed by atoms with van der Waals surface area (Å²) < 4.78 is 7.03. The summed E-state index contributed by atoms with van der Waals surface area (Å²) in [6.07, 6.45) is 4.33. The molecule has 0 amide bonds. The van der Waals surface area contributed by atoms with Gasteiger partial charge in [0.05, 0.1) is 5.75 Å². The summed E-state index contributed by atoms with van der Waals surface area (Å²) in [4.78, 5) is 25.6. The van der Waals surface area contributed by atoms with Gasteiger partial charge in [-0.25, -0.2) is 4.79 Å². The molecule has 0 saturated carbocycles. The maximum Gasteiger partial charge on any atom is 0.352 e. The first-order chi connectivity index (χ1) is 15.9. The molecule has 8 heteroatoms. The van der Waals surface area contributed by atoms with Gasteiger partial charge in [-0.1, -0.05) is 35.3 Å². The maximum absolute atomic E-state index is 12.8. The van der Waals surface area contributed by atoms with Gasteiger partial charge in [0.2, 0.25) is 5.43 Å². The van der Waals surface area contributed by atoms with Crippen LogP contribution < -0.4 is 5.43 Å². The second-order valence-electron chi connectivity index (χ2n) is 7.37. The SMILES string of the molecule is O=C(O)c1cc(CCc2ccc(Cl)cc2)cn1-c1coc(CSc2ccc(Cl)cc2)cc1=O. The zero-order valence-electron chi connectivity index (χ0n) is 17.3. The summed E-state index contributed by atoms with van der Waals surface area (Å²) in [5, 5.41) is 11.0. The Morgan fingerprint density at radius 1 is 0.939 bits per heavy atom. The fourth-order valence-electron chi connectivity index (χ4n) is 3.34. The van der Waals surface area contributed by atoms with Crippen molar-refractivity contribution in [1.29, 1.82) is 0 Å². The van der Waals surface area contributed by atoms with Crippen LogP contribution in [0.2, 0.25) is 10.0 Å². The van der Waals surface area contributed by atoms with E-state index < -0.39 is 5.97 Å². The van der Waals surface area contributed by atoms with Crippen molar-refractivity contribution < 1.29 is 14.3 Å². The molecule has 0 aliphatic rings.